The molecule has 2 atom stereocenters. The second-order valence-corrected chi connectivity index (χ2v) is 8.70. The number of nitrogens with zero attached hydrogens (tertiary/aromatic N) is 1. The van der Waals surface area contributed by atoms with Crippen LogP contribution in [-0.2, 0) is 12.7 Å². The molecule has 1 aliphatic heterocycles. The number of halogens is 7. The molecule has 10 heteroatoms. The number of amides is 1. The number of alkyl halides is 3. The summed E-state index contributed by atoms with van der Waals surface area (Å²) >= 11 is 5.88. The lowest BCUT2D eigenvalue weighted by Crippen LogP contribution is -2.40. The molecular weight excluding hydrogens is 494 g/mol. The predicted octanol–water partition coefficient (Wildman–Crippen LogP) is 6.17. The van der Waals surface area contributed by atoms with E-state index in [4.69, 9.17) is 11.6 Å². The molecule has 0 bridgehead atoms. The molecule has 184 valence electrons. The summed E-state index contributed by atoms with van der Waals surface area (Å²) < 4.78 is 81.8. The van der Waals surface area contributed by atoms with Gasteiger partial charge in [-0.2, -0.15) is 13.2 Å². The Kier molecular flexibility index (Phi) is 7.10. The minimum absolute atomic E-state index is 0.139. The highest BCUT2D eigenvalue weighted by Gasteiger charge is 2.38. The second-order valence-electron chi connectivity index (χ2n) is 8.32. The lowest BCUT2D eigenvalue weighted by Gasteiger charge is -2.22. The molecule has 2 unspecified atom stereocenters. The number of likely N-dealkylation sites (tertiary alicyclic amines) is 1. The maximum Gasteiger partial charge on any atom is 0.417 e. The quantitative estimate of drug-likeness (QED) is 0.327. The van der Waals surface area contributed by atoms with Crippen LogP contribution in [0.5, 0.6) is 0 Å². The summed E-state index contributed by atoms with van der Waals surface area (Å²) in [5.74, 6) is -5.24. The first kappa shape index (κ1) is 25.1. The van der Waals surface area contributed by atoms with Gasteiger partial charge in [-0.15, -0.1) is 0 Å². The summed E-state index contributed by atoms with van der Waals surface area (Å²) in [5, 5.41) is 1.87. The number of carbonyl (C=O) groups excluding carboxylic acids is 1. The summed E-state index contributed by atoms with van der Waals surface area (Å²) in [6.45, 7) is 0.817. The van der Waals surface area contributed by atoms with Gasteiger partial charge in [0.05, 0.1) is 22.2 Å². The molecule has 0 spiro atoms. The van der Waals surface area contributed by atoms with Gasteiger partial charge in [-0.25, -0.2) is 13.2 Å². The van der Waals surface area contributed by atoms with Crippen molar-refractivity contribution in [1.82, 2.24) is 10.2 Å². The van der Waals surface area contributed by atoms with E-state index in [1.165, 1.54) is 0 Å². The zero-order valence-electron chi connectivity index (χ0n) is 18.1. The molecule has 1 saturated heterocycles. The van der Waals surface area contributed by atoms with E-state index in [1.807, 2.05) is 35.2 Å². The fraction of sp³-hybridized carbons (Fsp3) is 0.240. The third-order valence-electron chi connectivity index (χ3n) is 5.95. The molecule has 0 aromatic heterocycles. The van der Waals surface area contributed by atoms with Crippen molar-refractivity contribution >= 4 is 17.5 Å². The first-order valence-electron chi connectivity index (χ1n) is 10.6. The van der Waals surface area contributed by atoms with Gasteiger partial charge in [0.25, 0.3) is 5.91 Å². The van der Waals surface area contributed by atoms with Crippen LogP contribution in [0.15, 0.2) is 60.7 Å². The van der Waals surface area contributed by atoms with Crippen molar-refractivity contribution in [3.8, 4) is 0 Å². The number of hydrogen-bond donors (Lipinski definition) is 1. The molecule has 1 aliphatic rings. The molecule has 0 radical (unpaired) electrons. The van der Waals surface area contributed by atoms with E-state index in [-0.39, 0.29) is 18.7 Å². The third kappa shape index (κ3) is 5.46. The first-order valence-corrected chi connectivity index (χ1v) is 11.0. The van der Waals surface area contributed by atoms with Gasteiger partial charge >= 0.3 is 6.18 Å². The van der Waals surface area contributed by atoms with Crippen molar-refractivity contribution in [2.24, 2.45) is 0 Å². The van der Waals surface area contributed by atoms with Crippen LogP contribution in [0.1, 0.15) is 33.0 Å². The van der Waals surface area contributed by atoms with Crippen LogP contribution in [0.3, 0.4) is 0 Å². The van der Waals surface area contributed by atoms with Crippen LogP contribution < -0.4 is 5.32 Å². The van der Waals surface area contributed by atoms with E-state index < -0.39 is 57.6 Å². The molecule has 1 amide bonds. The van der Waals surface area contributed by atoms with Gasteiger partial charge in [-0.05, 0) is 29.3 Å². The molecule has 1 fully saturated rings. The van der Waals surface area contributed by atoms with Crippen LogP contribution in [0.25, 0.3) is 0 Å². The summed E-state index contributed by atoms with van der Waals surface area (Å²) in [6, 6.07) is 12.6. The first-order chi connectivity index (χ1) is 16.5. The monoisotopic (exact) mass is 512 g/mol. The van der Waals surface area contributed by atoms with Crippen molar-refractivity contribution < 1.29 is 31.1 Å². The van der Waals surface area contributed by atoms with Crippen molar-refractivity contribution in [2.75, 3.05) is 13.1 Å². The van der Waals surface area contributed by atoms with E-state index >= 15 is 0 Å². The highest BCUT2D eigenvalue weighted by atomic mass is 35.5. The van der Waals surface area contributed by atoms with Crippen LogP contribution in [0, 0.1) is 17.5 Å². The van der Waals surface area contributed by atoms with Crippen molar-refractivity contribution in [2.45, 2.75) is 24.7 Å². The summed E-state index contributed by atoms with van der Waals surface area (Å²) in [6.07, 6.45) is -4.76. The Bertz CT molecular complexity index is 1230. The molecule has 3 aromatic carbocycles. The SMILES string of the molecule is O=C(NC1CN(Cc2ccccc2)CC1c1cc(F)c(F)cc1F)c1cccc(C(F)(F)F)c1Cl. The number of hydrogen-bond acceptors (Lipinski definition) is 2. The normalized spacial score (nSPS) is 18.6. The summed E-state index contributed by atoms with van der Waals surface area (Å²) in [5.41, 5.74) is -0.760. The number of carbonyl (C=O) groups is 1. The summed E-state index contributed by atoms with van der Waals surface area (Å²) in [4.78, 5) is 14.8. The van der Waals surface area contributed by atoms with Crippen LogP contribution in [0.4, 0.5) is 26.3 Å². The Hall–Kier alpha value is -3.04. The van der Waals surface area contributed by atoms with E-state index in [2.05, 4.69) is 5.32 Å². The number of benzene rings is 3. The third-order valence-corrected chi connectivity index (χ3v) is 6.36. The highest BCUT2D eigenvalue weighted by molar-refractivity contribution is 6.34. The van der Waals surface area contributed by atoms with E-state index in [1.54, 1.807) is 0 Å². The van der Waals surface area contributed by atoms with E-state index in [0.717, 1.165) is 29.8 Å². The van der Waals surface area contributed by atoms with Gasteiger partial charge in [-0.1, -0.05) is 48.0 Å². The zero-order chi connectivity index (χ0) is 25.3. The van der Waals surface area contributed by atoms with Crippen molar-refractivity contribution in [1.29, 1.82) is 0 Å². The highest BCUT2D eigenvalue weighted by Crippen LogP contribution is 2.37. The molecule has 1 heterocycles. The molecule has 3 aromatic rings. The van der Waals surface area contributed by atoms with Crippen LogP contribution in [0.2, 0.25) is 5.02 Å². The molecule has 0 saturated carbocycles. The van der Waals surface area contributed by atoms with Gasteiger partial charge in [0, 0.05) is 31.6 Å². The summed E-state index contributed by atoms with van der Waals surface area (Å²) in [7, 11) is 0. The minimum atomic E-state index is -4.76. The lowest BCUT2D eigenvalue weighted by molar-refractivity contribution is -0.137. The molecule has 3 nitrogen and oxygen atoms in total. The van der Waals surface area contributed by atoms with Gasteiger partial charge in [0.2, 0.25) is 0 Å². The number of rotatable bonds is 5. The maximum atomic E-state index is 14.6. The Morgan fingerprint density at radius 1 is 0.943 bits per heavy atom. The maximum absolute atomic E-state index is 14.6. The fourth-order valence-corrected chi connectivity index (χ4v) is 4.63. The van der Waals surface area contributed by atoms with Gasteiger partial charge in [-0.3, -0.25) is 9.69 Å². The Morgan fingerprint density at radius 2 is 1.63 bits per heavy atom. The molecular formula is C25H19ClF6N2O. The van der Waals surface area contributed by atoms with E-state index in [0.29, 0.717) is 12.6 Å². The molecule has 35 heavy (non-hydrogen) atoms. The molecule has 4 rings (SSSR count). The fourth-order valence-electron chi connectivity index (χ4n) is 4.31. The number of nitrogens with one attached hydrogen (secondary N) is 1. The van der Waals surface area contributed by atoms with Gasteiger partial charge < -0.3 is 5.32 Å². The average Bonchev–Trinajstić information content (AvgIpc) is 3.17. The second kappa shape index (κ2) is 9.91. The average molecular weight is 513 g/mol. The van der Waals surface area contributed by atoms with Gasteiger partial charge in [0.1, 0.15) is 5.82 Å². The lowest BCUT2D eigenvalue weighted by atomic mass is 9.93. The van der Waals surface area contributed by atoms with Crippen LogP contribution >= 0.6 is 11.6 Å². The van der Waals surface area contributed by atoms with Crippen LogP contribution in [-0.4, -0.2) is 29.9 Å². The largest absolute Gasteiger partial charge is 0.417 e. The van der Waals surface area contributed by atoms with Crippen molar-refractivity contribution in [3.05, 3.63) is 105 Å². The Morgan fingerprint density at radius 3 is 2.31 bits per heavy atom. The van der Waals surface area contributed by atoms with Crippen molar-refractivity contribution in [3.63, 3.8) is 0 Å². The smallest absolute Gasteiger partial charge is 0.347 e. The Balaban J connectivity index is 1.64. The molecule has 1 N–H and O–H groups in total. The minimum Gasteiger partial charge on any atom is -0.347 e. The predicted molar refractivity (Wildman–Crippen MR) is 118 cm³/mol. The molecule has 0 aliphatic carbocycles. The Labute approximate surface area is 202 Å². The van der Waals surface area contributed by atoms with E-state index in [9.17, 15) is 31.1 Å². The zero-order valence-corrected chi connectivity index (χ0v) is 18.8. The van der Waals surface area contributed by atoms with Gasteiger partial charge in [0.15, 0.2) is 11.6 Å². The topological polar surface area (TPSA) is 32.3 Å². The standard InChI is InChI=1S/C25H19ClF6N2O/c26-23-15(7-4-8-18(23)25(30,31)32)24(35)33-22-13-34(11-14-5-2-1-3-6-14)12-17(22)16-9-20(28)21(29)10-19(16)27/h1-10,17,22H,11-13H2,(H,33,35).